The lowest BCUT2D eigenvalue weighted by Gasteiger charge is -2.42. The fraction of sp³-hybridized carbons (Fsp3) is 0.292. The van der Waals surface area contributed by atoms with Crippen LogP contribution in [0.1, 0.15) is 58.0 Å². The summed E-state index contributed by atoms with van der Waals surface area (Å²) in [6, 6.07) is 14.8. The van der Waals surface area contributed by atoms with E-state index >= 15 is 0 Å². The van der Waals surface area contributed by atoms with Gasteiger partial charge >= 0.3 is 0 Å². The molecule has 152 valence electrons. The number of rotatable bonds is 5. The molecule has 1 saturated carbocycles. The third kappa shape index (κ3) is 3.00. The van der Waals surface area contributed by atoms with Gasteiger partial charge in [0.2, 0.25) is 5.89 Å². The van der Waals surface area contributed by atoms with Crippen LogP contribution >= 0.6 is 0 Å². The minimum absolute atomic E-state index is 0.0171. The predicted molar refractivity (Wildman–Crippen MR) is 114 cm³/mol. The van der Waals surface area contributed by atoms with E-state index in [0.717, 1.165) is 23.7 Å². The van der Waals surface area contributed by atoms with Crippen molar-refractivity contribution in [3.05, 3.63) is 82.6 Å². The van der Waals surface area contributed by atoms with Gasteiger partial charge in [-0.2, -0.15) is 4.98 Å². The van der Waals surface area contributed by atoms with E-state index in [1.807, 2.05) is 12.1 Å². The zero-order chi connectivity index (χ0) is 20.7. The summed E-state index contributed by atoms with van der Waals surface area (Å²) in [6.07, 6.45) is 5.54. The number of hydrogen-bond acceptors (Lipinski definition) is 4. The molecule has 0 spiro atoms. The van der Waals surface area contributed by atoms with E-state index < -0.39 is 0 Å². The second-order valence-corrected chi connectivity index (χ2v) is 8.14. The summed E-state index contributed by atoms with van der Waals surface area (Å²) in [7, 11) is 0. The van der Waals surface area contributed by atoms with Crippen molar-refractivity contribution in [1.29, 1.82) is 0 Å². The molecule has 0 atom stereocenters. The number of carbonyl (C=O) groups is 1. The number of H-pyrrole nitrogens is 1. The topological polar surface area (TPSA) is 83.8 Å². The summed E-state index contributed by atoms with van der Waals surface area (Å²) < 4.78 is 4.96. The Bertz CT molecular complexity index is 1220. The van der Waals surface area contributed by atoms with Gasteiger partial charge in [-0.1, -0.05) is 53.5 Å². The first-order valence-electron chi connectivity index (χ1n) is 10.3. The molecule has 5 rings (SSSR count). The van der Waals surface area contributed by atoms with Crippen molar-refractivity contribution in [2.24, 2.45) is 0 Å². The Morgan fingerprint density at radius 2 is 1.97 bits per heavy atom. The molecule has 0 unspecified atom stereocenters. The van der Waals surface area contributed by atoms with Crippen LogP contribution < -0.4 is 5.32 Å². The first-order chi connectivity index (χ1) is 14.6. The molecule has 0 bridgehead atoms. The fourth-order valence-corrected chi connectivity index (χ4v) is 4.52. The van der Waals surface area contributed by atoms with Gasteiger partial charge in [0.15, 0.2) is 5.82 Å². The minimum atomic E-state index is -0.158. The number of hydrogen-bond donors (Lipinski definition) is 2. The van der Waals surface area contributed by atoms with Crippen LogP contribution in [0, 0.1) is 13.8 Å². The van der Waals surface area contributed by atoms with Gasteiger partial charge in [-0.05, 0) is 37.0 Å². The van der Waals surface area contributed by atoms with Crippen molar-refractivity contribution in [2.75, 3.05) is 0 Å². The molecule has 6 heteroatoms. The second kappa shape index (κ2) is 7.13. The highest BCUT2D eigenvalue weighted by atomic mass is 16.5. The molecule has 0 saturated heterocycles. The Morgan fingerprint density at radius 1 is 1.17 bits per heavy atom. The van der Waals surface area contributed by atoms with Gasteiger partial charge in [0.05, 0.1) is 17.6 Å². The van der Waals surface area contributed by atoms with Crippen LogP contribution in [0.2, 0.25) is 0 Å². The average molecular weight is 400 g/mol. The summed E-state index contributed by atoms with van der Waals surface area (Å²) >= 11 is 0. The van der Waals surface area contributed by atoms with Crippen LogP contribution in [0.3, 0.4) is 0 Å². The zero-order valence-corrected chi connectivity index (χ0v) is 17.2. The number of aryl methyl sites for hydroxylation is 2. The molecule has 0 aliphatic heterocycles. The number of aromatic nitrogens is 3. The molecular weight excluding hydrogens is 376 g/mol. The van der Waals surface area contributed by atoms with Crippen LogP contribution in [0.15, 0.2) is 53.2 Å². The van der Waals surface area contributed by atoms with Crippen LogP contribution in [0.25, 0.3) is 10.9 Å². The van der Waals surface area contributed by atoms with Crippen molar-refractivity contribution in [3.8, 4) is 0 Å². The van der Waals surface area contributed by atoms with Gasteiger partial charge in [-0.3, -0.25) is 4.79 Å². The van der Waals surface area contributed by atoms with E-state index in [4.69, 9.17) is 4.52 Å². The largest absolute Gasteiger partial charge is 0.360 e. The highest BCUT2D eigenvalue weighted by Crippen LogP contribution is 2.51. The van der Waals surface area contributed by atoms with Gasteiger partial charge in [0.25, 0.3) is 5.91 Å². The molecule has 2 aromatic carbocycles. The first-order valence-corrected chi connectivity index (χ1v) is 10.3. The number of amides is 1. The second-order valence-electron chi connectivity index (χ2n) is 8.14. The summed E-state index contributed by atoms with van der Waals surface area (Å²) in [5, 5.41) is 7.83. The summed E-state index contributed by atoms with van der Waals surface area (Å²) in [4.78, 5) is 20.4. The van der Waals surface area contributed by atoms with E-state index in [1.165, 1.54) is 23.1 Å². The van der Waals surface area contributed by atoms with Crippen molar-refractivity contribution in [2.45, 2.75) is 45.1 Å². The monoisotopic (exact) mass is 400 g/mol. The van der Waals surface area contributed by atoms with E-state index in [-0.39, 0.29) is 17.9 Å². The SMILES string of the molecule is Cc1ccc(C2(c3c[nH]c4c(C(=O)NCc5noc(C)n5)cccc34)CCC2)cc1. The summed E-state index contributed by atoms with van der Waals surface area (Å²) in [6.45, 7) is 4.07. The lowest BCUT2D eigenvalue weighted by atomic mass is 9.60. The van der Waals surface area contributed by atoms with Gasteiger partial charge in [-0.15, -0.1) is 0 Å². The Kier molecular flexibility index (Phi) is 4.42. The number of nitrogens with one attached hydrogen (secondary N) is 2. The maximum Gasteiger partial charge on any atom is 0.253 e. The van der Waals surface area contributed by atoms with Crippen LogP contribution in [-0.4, -0.2) is 21.0 Å². The zero-order valence-electron chi connectivity index (χ0n) is 17.2. The highest BCUT2D eigenvalue weighted by molar-refractivity contribution is 6.06. The number of para-hydroxylation sites is 1. The van der Waals surface area contributed by atoms with E-state index in [1.54, 1.807) is 6.92 Å². The molecule has 30 heavy (non-hydrogen) atoms. The van der Waals surface area contributed by atoms with E-state index in [2.05, 4.69) is 63.9 Å². The molecule has 1 aliphatic rings. The summed E-state index contributed by atoms with van der Waals surface area (Å²) in [5.74, 6) is 0.791. The quantitative estimate of drug-likeness (QED) is 0.514. The number of aromatic amines is 1. The molecule has 1 fully saturated rings. The predicted octanol–water partition coefficient (Wildman–Crippen LogP) is 4.57. The van der Waals surface area contributed by atoms with E-state index in [9.17, 15) is 4.79 Å². The molecule has 1 amide bonds. The minimum Gasteiger partial charge on any atom is -0.360 e. The molecule has 0 radical (unpaired) electrons. The Labute approximate surface area is 174 Å². The number of benzene rings is 2. The molecule has 6 nitrogen and oxygen atoms in total. The molecule has 4 aromatic rings. The first kappa shape index (κ1) is 18.6. The van der Waals surface area contributed by atoms with Crippen molar-refractivity contribution < 1.29 is 9.32 Å². The van der Waals surface area contributed by atoms with Crippen LogP contribution in [0.4, 0.5) is 0 Å². The van der Waals surface area contributed by atoms with Gasteiger partial charge < -0.3 is 14.8 Å². The Morgan fingerprint density at radius 3 is 2.63 bits per heavy atom. The normalized spacial score (nSPS) is 15.1. The Hall–Kier alpha value is -3.41. The van der Waals surface area contributed by atoms with E-state index in [0.29, 0.717) is 17.3 Å². The fourth-order valence-electron chi connectivity index (χ4n) is 4.52. The highest BCUT2D eigenvalue weighted by Gasteiger charge is 2.42. The van der Waals surface area contributed by atoms with Crippen molar-refractivity contribution in [3.63, 3.8) is 0 Å². The van der Waals surface area contributed by atoms with Gasteiger partial charge in [-0.25, -0.2) is 0 Å². The maximum atomic E-state index is 12.9. The van der Waals surface area contributed by atoms with Crippen molar-refractivity contribution in [1.82, 2.24) is 20.4 Å². The summed E-state index contributed by atoms with van der Waals surface area (Å²) in [5.41, 5.74) is 5.40. The third-order valence-corrected chi connectivity index (χ3v) is 6.26. The number of carbonyl (C=O) groups excluding carboxylic acids is 1. The number of fused-ring (bicyclic) bond motifs is 1. The Balaban J connectivity index is 1.48. The molecule has 1 aliphatic carbocycles. The third-order valence-electron chi connectivity index (χ3n) is 6.26. The molecule has 2 aromatic heterocycles. The lowest BCUT2D eigenvalue weighted by molar-refractivity contribution is 0.0951. The van der Waals surface area contributed by atoms with Crippen LogP contribution in [-0.2, 0) is 12.0 Å². The van der Waals surface area contributed by atoms with Gasteiger partial charge in [0.1, 0.15) is 0 Å². The number of nitrogens with zero attached hydrogens (tertiary/aromatic N) is 2. The maximum absolute atomic E-state index is 12.9. The smallest absolute Gasteiger partial charge is 0.253 e. The molecule has 2 heterocycles. The lowest BCUT2D eigenvalue weighted by Crippen LogP contribution is -2.35. The van der Waals surface area contributed by atoms with Gasteiger partial charge in [0, 0.05) is 23.9 Å². The van der Waals surface area contributed by atoms with Crippen LogP contribution in [0.5, 0.6) is 0 Å². The standard InChI is InChI=1S/C24H24N4O2/c1-15-7-9-17(10-8-15)24(11-4-12-24)20-13-25-22-18(20)5-3-6-19(22)23(29)26-14-21-27-16(2)30-28-21/h3,5-10,13,25H,4,11-12,14H2,1-2H3,(H,26,29). The molecule has 2 N–H and O–H groups in total. The average Bonchev–Trinajstić information content (AvgIpc) is 3.33. The molecular formula is C24H24N4O2. The van der Waals surface area contributed by atoms with Crippen molar-refractivity contribution >= 4 is 16.8 Å².